The molecular formula is C16H16BrCl2N3O7. The van der Waals surface area contributed by atoms with Gasteiger partial charge in [-0.25, -0.2) is 4.98 Å². The molecule has 29 heavy (non-hydrogen) atoms. The maximum Gasteiger partial charge on any atom is 0.323 e. The number of carboxylic acid groups (broad SMARTS) is 1. The first-order valence-electron chi connectivity index (χ1n) is 8.28. The minimum Gasteiger partial charge on any atom is -0.481 e. The Labute approximate surface area is 182 Å². The number of nitrogens with two attached hydrogens (primary N) is 1. The van der Waals surface area contributed by atoms with Crippen molar-refractivity contribution in [1.82, 2.24) is 9.55 Å². The highest BCUT2D eigenvalue weighted by Crippen LogP contribution is 2.37. The van der Waals surface area contributed by atoms with Crippen molar-refractivity contribution in [2.45, 2.75) is 37.0 Å². The van der Waals surface area contributed by atoms with Crippen LogP contribution in [0.1, 0.15) is 12.6 Å². The Hall–Kier alpha value is -1.47. The van der Waals surface area contributed by atoms with Crippen molar-refractivity contribution in [3.8, 4) is 0 Å². The quantitative estimate of drug-likeness (QED) is 0.415. The summed E-state index contributed by atoms with van der Waals surface area (Å²) in [5, 5.41) is 30.0. The van der Waals surface area contributed by atoms with Crippen molar-refractivity contribution in [3.05, 3.63) is 26.9 Å². The highest BCUT2D eigenvalue weighted by atomic mass is 79.9. The van der Waals surface area contributed by atoms with Crippen molar-refractivity contribution in [2.24, 2.45) is 5.73 Å². The molecule has 2 aromatic rings. The van der Waals surface area contributed by atoms with Gasteiger partial charge in [-0.05, 0) is 28.1 Å². The summed E-state index contributed by atoms with van der Waals surface area (Å²) in [6.45, 7) is -0.433. The van der Waals surface area contributed by atoms with E-state index in [1.165, 1.54) is 10.6 Å². The molecule has 1 aromatic heterocycles. The zero-order valence-corrected chi connectivity index (χ0v) is 17.6. The number of benzene rings is 1. The van der Waals surface area contributed by atoms with E-state index in [9.17, 15) is 19.8 Å². The summed E-state index contributed by atoms with van der Waals surface area (Å²) in [5.74, 6) is -2.21. The van der Waals surface area contributed by atoms with Crippen molar-refractivity contribution in [1.29, 1.82) is 0 Å². The minimum absolute atomic E-state index is 0.263. The number of carbonyl (C=O) groups is 2. The van der Waals surface area contributed by atoms with Gasteiger partial charge in [0.2, 0.25) is 0 Å². The van der Waals surface area contributed by atoms with Crippen LogP contribution in [0.4, 0.5) is 0 Å². The van der Waals surface area contributed by atoms with Crippen molar-refractivity contribution in [3.63, 3.8) is 0 Å². The Bertz CT molecular complexity index is 956. The molecule has 2 heterocycles. The number of halogens is 3. The highest BCUT2D eigenvalue weighted by Gasteiger charge is 2.45. The van der Waals surface area contributed by atoms with E-state index >= 15 is 0 Å². The van der Waals surface area contributed by atoms with Crippen molar-refractivity contribution >= 4 is 62.1 Å². The lowest BCUT2D eigenvalue weighted by Gasteiger charge is -2.18. The number of imidazole rings is 1. The van der Waals surface area contributed by atoms with Gasteiger partial charge in [0, 0.05) is 0 Å². The molecule has 5 atom stereocenters. The number of aliphatic carboxylic acids is 1. The Kier molecular flexibility index (Phi) is 6.68. The zero-order valence-electron chi connectivity index (χ0n) is 14.5. The van der Waals surface area contributed by atoms with Crippen LogP contribution in [-0.4, -0.2) is 67.8 Å². The Balaban J connectivity index is 1.77. The lowest BCUT2D eigenvalue weighted by Crippen LogP contribution is -2.38. The summed E-state index contributed by atoms with van der Waals surface area (Å²) in [5.41, 5.74) is 6.40. The average Bonchev–Trinajstić information content (AvgIpc) is 3.09. The fraction of sp³-hybridized carbons (Fsp3) is 0.438. The van der Waals surface area contributed by atoms with Gasteiger partial charge in [-0.15, -0.1) is 0 Å². The average molecular weight is 513 g/mol. The molecule has 1 fully saturated rings. The van der Waals surface area contributed by atoms with E-state index in [4.69, 9.17) is 43.5 Å². The van der Waals surface area contributed by atoms with Gasteiger partial charge in [0.15, 0.2) is 11.0 Å². The second-order valence-corrected chi connectivity index (χ2v) is 7.91. The van der Waals surface area contributed by atoms with Crippen LogP contribution in [0, 0.1) is 0 Å². The van der Waals surface area contributed by atoms with Crippen molar-refractivity contribution in [2.75, 3.05) is 6.61 Å². The first-order valence-corrected chi connectivity index (χ1v) is 9.83. The SMILES string of the molecule is N[C@H](CC(=O)O)C(=O)OCC1OC(n2c(Br)nc3cc(Cl)c(Cl)cc32)C(O)C1O. The normalized spacial score (nSPS) is 25.3. The fourth-order valence-corrected chi connectivity index (χ4v) is 3.83. The second-order valence-electron chi connectivity index (χ2n) is 6.39. The topological polar surface area (TPSA) is 157 Å². The number of aliphatic hydroxyl groups excluding tert-OH is 2. The minimum atomic E-state index is -1.39. The lowest BCUT2D eigenvalue weighted by molar-refractivity contribution is -0.154. The number of hydrogen-bond acceptors (Lipinski definition) is 8. The monoisotopic (exact) mass is 511 g/mol. The van der Waals surface area contributed by atoms with Crippen LogP contribution in [0.5, 0.6) is 0 Å². The number of carboxylic acids is 1. The molecule has 1 aliphatic rings. The molecule has 0 amide bonds. The van der Waals surface area contributed by atoms with E-state index in [2.05, 4.69) is 20.9 Å². The van der Waals surface area contributed by atoms with Gasteiger partial charge in [-0.1, -0.05) is 23.2 Å². The number of fused-ring (bicyclic) bond motifs is 1. The number of nitrogens with zero attached hydrogens (tertiary/aromatic N) is 2. The van der Waals surface area contributed by atoms with E-state index in [1.807, 2.05) is 0 Å². The van der Waals surface area contributed by atoms with Gasteiger partial charge < -0.3 is 30.5 Å². The first kappa shape index (κ1) is 22.2. The van der Waals surface area contributed by atoms with E-state index in [-0.39, 0.29) is 5.02 Å². The van der Waals surface area contributed by atoms with Crippen LogP contribution in [0.15, 0.2) is 16.9 Å². The number of hydrogen-bond donors (Lipinski definition) is 4. The Morgan fingerprint density at radius 3 is 2.62 bits per heavy atom. The van der Waals surface area contributed by atoms with Gasteiger partial charge in [0.25, 0.3) is 0 Å². The highest BCUT2D eigenvalue weighted by molar-refractivity contribution is 9.10. The molecule has 0 radical (unpaired) electrons. The maximum atomic E-state index is 11.8. The third-order valence-electron chi connectivity index (χ3n) is 4.37. The summed E-state index contributed by atoms with van der Waals surface area (Å²) in [7, 11) is 0. The Morgan fingerprint density at radius 1 is 1.31 bits per heavy atom. The number of ether oxygens (including phenoxy) is 2. The molecule has 13 heteroatoms. The van der Waals surface area contributed by atoms with Gasteiger partial charge in [0.1, 0.15) is 31.0 Å². The maximum absolute atomic E-state index is 11.8. The van der Waals surface area contributed by atoms with E-state index < -0.39 is 55.5 Å². The number of rotatable bonds is 6. The summed E-state index contributed by atoms with van der Waals surface area (Å²) in [4.78, 5) is 26.7. The fourth-order valence-electron chi connectivity index (χ4n) is 2.93. The lowest BCUT2D eigenvalue weighted by atomic mass is 10.1. The predicted molar refractivity (Wildman–Crippen MR) is 105 cm³/mol. The summed E-state index contributed by atoms with van der Waals surface area (Å²) in [6, 6.07) is 1.73. The number of esters is 1. The van der Waals surface area contributed by atoms with Gasteiger partial charge in [-0.2, -0.15) is 0 Å². The largest absolute Gasteiger partial charge is 0.481 e. The third-order valence-corrected chi connectivity index (χ3v) is 5.65. The van der Waals surface area contributed by atoms with E-state index in [0.717, 1.165) is 0 Å². The molecule has 0 aliphatic carbocycles. The molecule has 1 aromatic carbocycles. The second kappa shape index (κ2) is 8.72. The molecule has 1 saturated heterocycles. The van der Waals surface area contributed by atoms with Gasteiger partial charge >= 0.3 is 11.9 Å². The van der Waals surface area contributed by atoms with E-state index in [1.54, 1.807) is 6.07 Å². The van der Waals surface area contributed by atoms with Crippen LogP contribution < -0.4 is 5.73 Å². The van der Waals surface area contributed by atoms with Crippen LogP contribution in [-0.2, 0) is 19.1 Å². The zero-order chi connectivity index (χ0) is 21.5. The van der Waals surface area contributed by atoms with Crippen LogP contribution in [0.3, 0.4) is 0 Å². The first-order chi connectivity index (χ1) is 13.6. The number of aromatic nitrogens is 2. The molecule has 3 rings (SSSR count). The summed E-state index contributed by atoms with van der Waals surface area (Å²) >= 11 is 15.3. The molecule has 10 nitrogen and oxygen atoms in total. The summed E-state index contributed by atoms with van der Waals surface area (Å²) in [6.07, 6.45) is -5.53. The van der Waals surface area contributed by atoms with Crippen LogP contribution in [0.2, 0.25) is 10.0 Å². The Morgan fingerprint density at radius 2 is 1.97 bits per heavy atom. The molecule has 0 spiro atoms. The number of carbonyl (C=O) groups excluding carboxylic acids is 1. The van der Waals surface area contributed by atoms with Crippen LogP contribution in [0.25, 0.3) is 11.0 Å². The standard InChI is InChI=1S/C16H16BrCl2N3O7/c17-16-21-8-1-5(18)6(19)2-9(8)22(16)14-13(26)12(25)10(29-14)4-28-15(27)7(20)3-11(23)24/h1-2,7,10,12-14,25-26H,3-4,20H2,(H,23,24)/t7-,10?,12?,13?,14?/m1/s1. The van der Waals surface area contributed by atoms with Gasteiger partial charge in [0.05, 0.1) is 27.5 Å². The van der Waals surface area contributed by atoms with Crippen molar-refractivity contribution < 1.29 is 34.4 Å². The molecule has 158 valence electrons. The smallest absolute Gasteiger partial charge is 0.323 e. The number of aliphatic hydroxyl groups is 2. The molecule has 4 unspecified atom stereocenters. The third kappa shape index (κ3) is 4.50. The predicted octanol–water partition coefficient (Wildman–Crippen LogP) is 1.07. The molecular weight excluding hydrogens is 497 g/mol. The molecule has 1 aliphatic heterocycles. The van der Waals surface area contributed by atoms with E-state index in [0.29, 0.717) is 20.8 Å². The van der Waals surface area contributed by atoms with Crippen LogP contribution >= 0.6 is 39.1 Å². The molecule has 5 N–H and O–H groups in total. The summed E-state index contributed by atoms with van der Waals surface area (Å²) < 4.78 is 12.4. The molecule has 0 saturated carbocycles. The van der Waals surface area contributed by atoms with Gasteiger partial charge in [-0.3, -0.25) is 14.2 Å². The molecule has 0 bridgehead atoms.